The van der Waals surface area contributed by atoms with E-state index in [4.69, 9.17) is 0 Å². The molecule has 0 heterocycles. The fraction of sp³-hybridized carbons (Fsp3) is 0.833. The molecule has 0 aromatic carbocycles. The third-order valence-corrected chi connectivity index (χ3v) is 1.75. The fourth-order valence-corrected chi connectivity index (χ4v) is 0.692. The molecule has 0 aliphatic rings. The van der Waals surface area contributed by atoms with E-state index in [9.17, 15) is 13.2 Å². The molecular weight excluding hydrogens is 175 g/mol. The summed E-state index contributed by atoms with van der Waals surface area (Å²) in [7, 11) is 1.35. The first-order chi connectivity index (χ1) is 4.87. The minimum atomic E-state index is -4.16. The van der Waals surface area contributed by atoms with Crippen LogP contribution in [0.1, 0.15) is 13.3 Å². The lowest BCUT2D eigenvalue weighted by Crippen LogP contribution is -2.34. The van der Waals surface area contributed by atoms with Gasteiger partial charge in [-0.25, -0.2) is 0 Å². The van der Waals surface area contributed by atoms with Gasteiger partial charge in [-0.3, -0.25) is 0 Å². The van der Waals surface area contributed by atoms with Gasteiger partial charge in [0.25, 0.3) is 0 Å². The van der Waals surface area contributed by atoms with Crippen LogP contribution in [0.3, 0.4) is 0 Å². The second-order valence-corrected chi connectivity index (χ2v) is 2.69. The van der Waals surface area contributed by atoms with Gasteiger partial charge in [0.1, 0.15) is 6.54 Å². The number of thiocarbonyl (C=S) groups is 1. The molecule has 0 bridgehead atoms. The molecule has 0 aliphatic heterocycles. The summed E-state index contributed by atoms with van der Waals surface area (Å²) in [6.07, 6.45) is -3.68. The molecule has 0 spiro atoms. The van der Waals surface area contributed by atoms with Crippen LogP contribution in [0.15, 0.2) is 0 Å². The first kappa shape index (κ1) is 10.7. The number of nitrogens with zero attached hydrogens (tertiary/aromatic N) is 1. The molecule has 66 valence electrons. The number of alkyl halides is 3. The topological polar surface area (TPSA) is 3.24 Å². The largest absolute Gasteiger partial charge is 0.405 e. The van der Waals surface area contributed by atoms with E-state index in [0.29, 0.717) is 11.4 Å². The van der Waals surface area contributed by atoms with Crippen molar-refractivity contribution in [1.29, 1.82) is 0 Å². The Morgan fingerprint density at radius 1 is 1.45 bits per heavy atom. The van der Waals surface area contributed by atoms with Crippen LogP contribution >= 0.6 is 12.2 Å². The lowest BCUT2D eigenvalue weighted by atomic mass is 10.4. The molecule has 0 N–H and O–H groups in total. The highest BCUT2D eigenvalue weighted by molar-refractivity contribution is 7.80. The lowest BCUT2D eigenvalue weighted by molar-refractivity contribution is -0.135. The number of hydrogen-bond acceptors (Lipinski definition) is 1. The average Bonchev–Trinajstić information content (AvgIpc) is 1.82. The summed E-state index contributed by atoms with van der Waals surface area (Å²) >= 11 is 4.67. The fourth-order valence-electron chi connectivity index (χ4n) is 0.627. The number of hydrogen-bond donors (Lipinski definition) is 0. The average molecular weight is 185 g/mol. The zero-order valence-corrected chi connectivity index (χ0v) is 7.22. The van der Waals surface area contributed by atoms with E-state index in [0.717, 1.165) is 4.90 Å². The second kappa shape index (κ2) is 3.90. The Morgan fingerprint density at radius 3 is 2.18 bits per heavy atom. The highest BCUT2D eigenvalue weighted by Gasteiger charge is 2.29. The molecule has 0 rings (SSSR count). The van der Waals surface area contributed by atoms with E-state index in [-0.39, 0.29) is 0 Å². The predicted molar refractivity (Wildman–Crippen MR) is 41.6 cm³/mol. The minimum absolute atomic E-state index is 0.335. The normalized spacial score (nSPS) is 11.4. The Hall–Kier alpha value is -0.320. The predicted octanol–water partition coefficient (Wildman–Crippen LogP) is 2.22. The SMILES string of the molecule is CCC(=S)N(C)CC(F)(F)F. The summed E-state index contributed by atoms with van der Waals surface area (Å²) in [4.78, 5) is 1.37. The molecule has 0 saturated carbocycles. The van der Waals surface area contributed by atoms with E-state index < -0.39 is 12.7 Å². The molecule has 11 heavy (non-hydrogen) atoms. The van der Waals surface area contributed by atoms with Crippen LogP contribution in [-0.4, -0.2) is 29.7 Å². The van der Waals surface area contributed by atoms with Crippen LogP contribution < -0.4 is 0 Å². The number of rotatable bonds is 2. The standard InChI is InChI=1S/C6H10F3NS/c1-3-5(11)10(2)4-6(7,8)9/h3-4H2,1-2H3. The van der Waals surface area contributed by atoms with Gasteiger partial charge in [-0.05, 0) is 6.42 Å². The van der Waals surface area contributed by atoms with Gasteiger partial charge in [0.05, 0.1) is 4.99 Å². The van der Waals surface area contributed by atoms with Crippen molar-refractivity contribution in [3.8, 4) is 0 Å². The maximum Gasteiger partial charge on any atom is 0.405 e. The van der Waals surface area contributed by atoms with Crippen molar-refractivity contribution in [1.82, 2.24) is 4.90 Å². The molecule has 0 saturated heterocycles. The van der Waals surface area contributed by atoms with Crippen LogP contribution in [0.4, 0.5) is 13.2 Å². The van der Waals surface area contributed by atoms with E-state index >= 15 is 0 Å². The third-order valence-electron chi connectivity index (χ3n) is 1.14. The van der Waals surface area contributed by atoms with Crippen LogP contribution in [0.5, 0.6) is 0 Å². The van der Waals surface area contributed by atoms with Crippen molar-refractivity contribution in [2.24, 2.45) is 0 Å². The molecule has 0 unspecified atom stereocenters. The summed E-state index contributed by atoms with van der Waals surface area (Å²) < 4.78 is 35.1. The van der Waals surface area contributed by atoms with E-state index in [1.54, 1.807) is 6.92 Å². The van der Waals surface area contributed by atoms with Crippen molar-refractivity contribution in [2.75, 3.05) is 13.6 Å². The van der Waals surface area contributed by atoms with Crippen molar-refractivity contribution in [3.63, 3.8) is 0 Å². The zero-order chi connectivity index (χ0) is 9.07. The minimum Gasteiger partial charge on any atom is -0.360 e. The van der Waals surface area contributed by atoms with Gasteiger partial charge >= 0.3 is 6.18 Å². The van der Waals surface area contributed by atoms with Crippen LogP contribution in [0, 0.1) is 0 Å². The maximum absolute atomic E-state index is 11.7. The van der Waals surface area contributed by atoms with Gasteiger partial charge in [0.2, 0.25) is 0 Å². The molecule has 0 atom stereocenters. The molecular formula is C6H10F3NS. The first-order valence-electron chi connectivity index (χ1n) is 3.17. The lowest BCUT2D eigenvalue weighted by Gasteiger charge is -2.20. The molecule has 5 heteroatoms. The van der Waals surface area contributed by atoms with Crippen LogP contribution in [0.25, 0.3) is 0 Å². The number of halogens is 3. The van der Waals surface area contributed by atoms with Gasteiger partial charge in [-0.15, -0.1) is 0 Å². The highest BCUT2D eigenvalue weighted by Crippen LogP contribution is 2.16. The van der Waals surface area contributed by atoms with Crippen molar-refractivity contribution in [3.05, 3.63) is 0 Å². The summed E-state index contributed by atoms with van der Waals surface area (Å²) in [5.41, 5.74) is 0. The molecule has 0 aliphatic carbocycles. The Morgan fingerprint density at radius 2 is 1.91 bits per heavy atom. The summed E-state index contributed by atoms with van der Waals surface area (Å²) in [6.45, 7) is 0.773. The van der Waals surface area contributed by atoms with Gasteiger partial charge in [0.15, 0.2) is 0 Å². The zero-order valence-electron chi connectivity index (χ0n) is 6.40. The Labute approximate surface area is 69.2 Å². The quantitative estimate of drug-likeness (QED) is 0.607. The molecule has 0 radical (unpaired) electrons. The summed E-state index contributed by atoms with van der Waals surface area (Å²) in [5.74, 6) is 0. The Bertz CT molecular complexity index is 143. The van der Waals surface area contributed by atoms with Crippen molar-refractivity contribution in [2.45, 2.75) is 19.5 Å². The summed E-state index contributed by atoms with van der Waals surface area (Å²) in [6, 6.07) is 0. The Balaban J connectivity index is 3.87. The van der Waals surface area contributed by atoms with Crippen molar-refractivity contribution < 1.29 is 13.2 Å². The highest BCUT2D eigenvalue weighted by atomic mass is 32.1. The molecule has 0 fully saturated rings. The van der Waals surface area contributed by atoms with E-state index in [1.165, 1.54) is 7.05 Å². The summed E-state index contributed by atoms with van der Waals surface area (Å²) in [5, 5.41) is 0. The molecule has 1 nitrogen and oxygen atoms in total. The first-order valence-corrected chi connectivity index (χ1v) is 3.58. The van der Waals surface area contributed by atoms with E-state index in [2.05, 4.69) is 12.2 Å². The maximum atomic E-state index is 11.7. The van der Waals surface area contributed by atoms with E-state index in [1.807, 2.05) is 0 Å². The van der Waals surface area contributed by atoms with Gasteiger partial charge in [-0.2, -0.15) is 13.2 Å². The smallest absolute Gasteiger partial charge is 0.360 e. The second-order valence-electron chi connectivity index (χ2n) is 2.22. The van der Waals surface area contributed by atoms with Gasteiger partial charge in [0, 0.05) is 7.05 Å². The molecule has 0 aromatic heterocycles. The van der Waals surface area contributed by atoms with Crippen molar-refractivity contribution >= 4 is 17.2 Å². The van der Waals surface area contributed by atoms with Crippen LogP contribution in [-0.2, 0) is 0 Å². The Kier molecular flexibility index (Phi) is 3.78. The van der Waals surface area contributed by atoms with Gasteiger partial charge < -0.3 is 4.90 Å². The molecule has 0 amide bonds. The van der Waals surface area contributed by atoms with Crippen LogP contribution in [0.2, 0.25) is 0 Å². The molecule has 0 aromatic rings. The van der Waals surface area contributed by atoms with Gasteiger partial charge in [-0.1, -0.05) is 19.1 Å². The monoisotopic (exact) mass is 185 g/mol. The third kappa shape index (κ3) is 5.01.